The van der Waals surface area contributed by atoms with Crippen LogP contribution in [0.4, 0.5) is 0 Å². The fourth-order valence-corrected chi connectivity index (χ4v) is 6.28. The highest BCUT2D eigenvalue weighted by atomic mass is 79.9. The van der Waals surface area contributed by atoms with Crippen LogP contribution in [0.25, 0.3) is 0 Å². The normalized spacial score (nSPS) is 22.8. The zero-order chi connectivity index (χ0) is 14.3. The van der Waals surface area contributed by atoms with E-state index in [0.717, 1.165) is 4.31 Å². The van der Waals surface area contributed by atoms with Crippen molar-refractivity contribution in [1.82, 2.24) is 4.31 Å². The summed E-state index contributed by atoms with van der Waals surface area (Å²) in [5.41, 5.74) is 0. The van der Waals surface area contributed by atoms with E-state index in [1.807, 2.05) is 0 Å². The first-order valence-electron chi connectivity index (χ1n) is 5.67. The third-order valence-corrected chi connectivity index (χ3v) is 7.89. The van der Waals surface area contributed by atoms with Crippen molar-refractivity contribution in [3.05, 3.63) is 28.7 Å². The van der Waals surface area contributed by atoms with Gasteiger partial charge in [0.2, 0.25) is 10.0 Å². The minimum Gasteiger partial charge on any atom is -0.229 e. The van der Waals surface area contributed by atoms with Gasteiger partial charge in [0.1, 0.15) is 0 Å². The van der Waals surface area contributed by atoms with E-state index in [2.05, 4.69) is 15.9 Å². The average Bonchev–Trinajstić information content (AvgIpc) is 2.69. The zero-order valence-corrected chi connectivity index (χ0v) is 13.5. The summed E-state index contributed by atoms with van der Waals surface area (Å²) >= 11 is 3.21. The summed E-state index contributed by atoms with van der Waals surface area (Å²) in [6.45, 7) is 0. The first-order valence-corrected chi connectivity index (χ1v) is 9.72. The van der Waals surface area contributed by atoms with Gasteiger partial charge in [-0.3, -0.25) is 0 Å². The van der Waals surface area contributed by atoms with Crippen molar-refractivity contribution in [3.63, 3.8) is 0 Å². The minimum absolute atomic E-state index is 0.0491. The third-order valence-electron chi connectivity index (χ3n) is 3.22. The fourth-order valence-electron chi connectivity index (χ4n) is 2.07. The zero-order valence-electron chi connectivity index (χ0n) is 10.3. The molecule has 1 unspecified atom stereocenters. The van der Waals surface area contributed by atoms with Gasteiger partial charge in [-0.25, -0.2) is 16.8 Å². The van der Waals surface area contributed by atoms with Crippen LogP contribution in [0, 0.1) is 0 Å². The number of sulfone groups is 1. The fraction of sp³-hybridized carbons (Fsp3) is 0.455. The maximum absolute atomic E-state index is 12.5. The molecule has 2 rings (SSSR count). The third kappa shape index (κ3) is 3.01. The van der Waals surface area contributed by atoms with Crippen LogP contribution in [0.3, 0.4) is 0 Å². The van der Waals surface area contributed by atoms with E-state index in [1.165, 1.54) is 13.1 Å². The van der Waals surface area contributed by atoms with Gasteiger partial charge in [-0.2, -0.15) is 4.31 Å². The smallest absolute Gasteiger partial charge is 0.229 e. The molecular weight excluding hydrogens is 354 g/mol. The monoisotopic (exact) mass is 367 g/mol. The summed E-state index contributed by atoms with van der Waals surface area (Å²) in [6, 6.07) is 6.02. The van der Waals surface area contributed by atoms with E-state index < -0.39 is 25.9 Å². The Bertz CT molecular complexity index is 684. The highest BCUT2D eigenvalue weighted by Crippen LogP contribution is 2.27. The average molecular weight is 368 g/mol. The van der Waals surface area contributed by atoms with Crippen molar-refractivity contribution < 1.29 is 16.8 Å². The molecule has 1 aromatic rings. The molecule has 0 spiro atoms. The van der Waals surface area contributed by atoms with Gasteiger partial charge in [-0.15, -0.1) is 0 Å². The minimum atomic E-state index is -3.68. The maximum Gasteiger partial charge on any atom is 0.244 e. The molecule has 0 amide bonds. The molecule has 1 saturated heterocycles. The lowest BCUT2D eigenvalue weighted by molar-refractivity contribution is 0.393. The first-order chi connectivity index (χ1) is 8.74. The van der Waals surface area contributed by atoms with Gasteiger partial charge in [0.15, 0.2) is 9.84 Å². The molecule has 0 saturated carbocycles. The summed E-state index contributed by atoms with van der Waals surface area (Å²) in [4.78, 5) is 0.154. The van der Waals surface area contributed by atoms with Gasteiger partial charge < -0.3 is 0 Å². The Morgan fingerprint density at radius 1 is 1.32 bits per heavy atom. The van der Waals surface area contributed by atoms with Crippen molar-refractivity contribution in [1.29, 1.82) is 0 Å². The van der Waals surface area contributed by atoms with E-state index in [9.17, 15) is 16.8 Å². The second-order valence-electron chi connectivity index (χ2n) is 4.51. The number of hydrogen-bond acceptors (Lipinski definition) is 4. The molecule has 0 aliphatic carbocycles. The second-order valence-corrected chi connectivity index (χ2v) is 9.56. The lowest BCUT2D eigenvalue weighted by Gasteiger charge is -2.23. The van der Waals surface area contributed by atoms with Crippen LogP contribution in [0.2, 0.25) is 0 Å². The van der Waals surface area contributed by atoms with Crippen LogP contribution >= 0.6 is 15.9 Å². The summed E-state index contributed by atoms with van der Waals surface area (Å²) in [7, 11) is -5.36. The van der Waals surface area contributed by atoms with Gasteiger partial charge in [-0.05, 0) is 34.5 Å². The number of rotatable bonds is 3. The van der Waals surface area contributed by atoms with Gasteiger partial charge in [0.25, 0.3) is 0 Å². The summed E-state index contributed by atoms with van der Waals surface area (Å²) in [6.07, 6.45) is 0.350. The lowest BCUT2D eigenvalue weighted by Crippen LogP contribution is -2.37. The highest BCUT2D eigenvalue weighted by Gasteiger charge is 2.36. The van der Waals surface area contributed by atoms with Crippen molar-refractivity contribution in [2.24, 2.45) is 0 Å². The molecule has 0 radical (unpaired) electrons. The largest absolute Gasteiger partial charge is 0.244 e. The molecule has 1 fully saturated rings. The van der Waals surface area contributed by atoms with Crippen molar-refractivity contribution in [2.45, 2.75) is 17.4 Å². The molecule has 5 nitrogen and oxygen atoms in total. The van der Waals surface area contributed by atoms with Crippen LogP contribution < -0.4 is 0 Å². The Morgan fingerprint density at radius 2 is 1.95 bits per heavy atom. The Hall–Kier alpha value is -0.440. The van der Waals surface area contributed by atoms with Crippen LogP contribution in [0.1, 0.15) is 6.42 Å². The molecule has 19 heavy (non-hydrogen) atoms. The van der Waals surface area contributed by atoms with E-state index in [4.69, 9.17) is 0 Å². The van der Waals surface area contributed by atoms with E-state index in [0.29, 0.717) is 10.9 Å². The topological polar surface area (TPSA) is 71.5 Å². The molecule has 1 aliphatic heterocycles. The molecule has 1 aliphatic rings. The number of nitrogens with zero attached hydrogens (tertiary/aromatic N) is 1. The number of halogens is 1. The standard InChI is InChI=1S/C11H14BrNO4S2/c1-13(9-6-7-18(14,15)8-9)19(16,17)11-5-3-2-4-10(11)12/h2-5,9H,6-8H2,1H3. The number of hydrogen-bond donors (Lipinski definition) is 0. The molecule has 0 bridgehead atoms. The van der Waals surface area contributed by atoms with Crippen LogP contribution in [-0.4, -0.2) is 45.7 Å². The Kier molecular flexibility index (Phi) is 4.06. The van der Waals surface area contributed by atoms with E-state index in [1.54, 1.807) is 18.2 Å². The quantitative estimate of drug-likeness (QED) is 0.805. The summed E-state index contributed by atoms with van der Waals surface area (Å²) < 4.78 is 49.4. The van der Waals surface area contributed by atoms with Gasteiger partial charge in [0.05, 0.1) is 16.4 Å². The SMILES string of the molecule is CN(C1CCS(=O)(=O)C1)S(=O)(=O)c1ccccc1Br. The number of benzene rings is 1. The van der Waals surface area contributed by atoms with Crippen molar-refractivity contribution >= 4 is 35.8 Å². The molecule has 8 heteroatoms. The molecule has 0 N–H and O–H groups in total. The van der Waals surface area contributed by atoms with Gasteiger partial charge in [0, 0.05) is 17.6 Å². The molecule has 0 aromatic heterocycles. The van der Waals surface area contributed by atoms with Crippen LogP contribution in [0.15, 0.2) is 33.6 Å². The van der Waals surface area contributed by atoms with Crippen LogP contribution in [-0.2, 0) is 19.9 Å². The molecule has 1 heterocycles. The molecular formula is C11H14BrNO4S2. The maximum atomic E-state index is 12.5. The predicted molar refractivity (Wildman–Crippen MR) is 76.1 cm³/mol. The first kappa shape index (κ1) is 15.0. The predicted octanol–water partition coefficient (Wildman–Crippen LogP) is 1.26. The van der Waals surface area contributed by atoms with Crippen molar-refractivity contribution in [3.8, 4) is 0 Å². The van der Waals surface area contributed by atoms with Gasteiger partial charge >= 0.3 is 0 Å². The number of sulfonamides is 1. The summed E-state index contributed by atoms with van der Waals surface area (Å²) in [5.74, 6) is -0.0549. The van der Waals surface area contributed by atoms with Crippen molar-refractivity contribution in [2.75, 3.05) is 18.6 Å². The van der Waals surface area contributed by atoms with Gasteiger partial charge in [-0.1, -0.05) is 12.1 Å². The summed E-state index contributed by atoms with van der Waals surface area (Å²) in [5, 5.41) is 0. The molecule has 1 atom stereocenters. The Labute approximate surface area is 121 Å². The Morgan fingerprint density at radius 3 is 2.47 bits per heavy atom. The van der Waals surface area contributed by atoms with Crippen LogP contribution in [0.5, 0.6) is 0 Å². The van der Waals surface area contributed by atoms with E-state index >= 15 is 0 Å². The van der Waals surface area contributed by atoms with E-state index in [-0.39, 0.29) is 16.4 Å². The Balaban J connectivity index is 2.34. The molecule has 1 aromatic carbocycles. The highest BCUT2D eigenvalue weighted by molar-refractivity contribution is 9.10. The molecule has 106 valence electrons. The lowest BCUT2D eigenvalue weighted by atomic mass is 10.3. The second kappa shape index (κ2) is 5.16.